The molecule has 5 nitrogen and oxygen atoms in total. The van der Waals surface area contributed by atoms with Crippen LogP contribution in [-0.2, 0) is 9.59 Å². The Morgan fingerprint density at radius 1 is 1.07 bits per heavy atom. The minimum absolute atomic E-state index is 0.0800. The van der Waals surface area contributed by atoms with E-state index in [1.165, 1.54) is 12.8 Å². The molecule has 1 rings (SSSR count). The number of piperidine rings is 1. The minimum atomic E-state index is 0.0800. The lowest BCUT2D eigenvalue weighted by atomic mass is 9.94. The van der Waals surface area contributed by atoms with Gasteiger partial charge in [-0.05, 0) is 57.0 Å². The first-order valence-corrected chi connectivity index (χ1v) is 11.2. The molecule has 1 aliphatic heterocycles. The smallest absolute Gasteiger partial charge is 0.222 e. The van der Waals surface area contributed by atoms with E-state index in [1.54, 1.807) is 0 Å². The molecule has 27 heavy (non-hydrogen) atoms. The molecule has 1 atom stereocenters. The summed E-state index contributed by atoms with van der Waals surface area (Å²) in [5.74, 6) is 1.61. The molecule has 1 N–H and O–H groups in total. The van der Waals surface area contributed by atoms with Crippen LogP contribution in [0.2, 0.25) is 0 Å². The van der Waals surface area contributed by atoms with E-state index in [4.69, 9.17) is 0 Å². The SMILES string of the molecule is CCCN(CCC)C(=O)CCCC(=O)NCC(C(C)C)N1CCC(C)CC1. The lowest BCUT2D eigenvalue weighted by Crippen LogP contribution is -2.49. The molecule has 2 amide bonds. The molecule has 0 aromatic rings. The molecule has 158 valence electrons. The predicted molar refractivity (Wildman–Crippen MR) is 113 cm³/mol. The number of likely N-dealkylation sites (tertiary alicyclic amines) is 1. The maximum atomic E-state index is 12.3. The number of carbonyl (C=O) groups is 2. The highest BCUT2D eigenvalue weighted by molar-refractivity contribution is 5.79. The topological polar surface area (TPSA) is 52.7 Å². The van der Waals surface area contributed by atoms with E-state index < -0.39 is 0 Å². The number of nitrogens with zero attached hydrogens (tertiary/aromatic N) is 2. The quantitative estimate of drug-likeness (QED) is 0.561. The molecule has 0 bridgehead atoms. The number of amides is 2. The van der Waals surface area contributed by atoms with Crippen molar-refractivity contribution in [2.45, 2.75) is 85.6 Å². The van der Waals surface area contributed by atoms with Gasteiger partial charge in [0.15, 0.2) is 0 Å². The first-order valence-electron chi connectivity index (χ1n) is 11.2. The Morgan fingerprint density at radius 2 is 1.67 bits per heavy atom. The zero-order valence-corrected chi connectivity index (χ0v) is 18.4. The van der Waals surface area contributed by atoms with Crippen LogP contribution in [0.25, 0.3) is 0 Å². The Morgan fingerprint density at radius 3 is 2.19 bits per heavy atom. The summed E-state index contributed by atoms with van der Waals surface area (Å²) >= 11 is 0. The van der Waals surface area contributed by atoms with Crippen LogP contribution in [-0.4, -0.2) is 60.4 Å². The Bertz CT molecular complexity index is 425. The van der Waals surface area contributed by atoms with Crippen molar-refractivity contribution in [2.75, 3.05) is 32.7 Å². The molecule has 0 radical (unpaired) electrons. The van der Waals surface area contributed by atoms with Gasteiger partial charge in [0.2, 0.25) is 11.8 Å². The van der Waals surface area contributed by atoms with Crippen LogP contribution in [0.15, 0.2) is 0 Å². The van der Waals surface area contributed by atoms with Crippen molar-refractivity contribution in [1.82, 2.24) is 15.1 Å². The summed E-state index contributed by atoms with van der Waals surface area (Å²) in [5.41, 5.74) is 0. The fourth-order valence-electron chi connectivity index (χ4n) is 3.91. The van der Waals surface area contributed by atoms with Gasteiger partial charge in [0.1, 0.15) is 0 Å². The Hall–Kier alpha value is -1.10. The molecule has 0 aromatic heterocycles. The van der Waals surface area contributed by atoms with Crippen LogP contribution in [0.1, 0.15) is 79.6 Å². The highest BCUT2D eigenvalue weighted by Gasteiger charge is 2.25. The van der Waals surface area contributed by atoms with Crippen molar-refractivity contribution in [3.63, 3.8) is 0 Å². The molecule has 0 spiro atoms. The van der Waals surface area contributed by atoms with Crippen molar-refractivity contribution in [3.8, 4) is 0 Å². The lowest BCUT2D eigenvalue weighted by Gasteiger charge is -2.38. The van der Waals surface area contributed by atoms with E-state index in [2.05, 4.69) is 44.8 Å². The van der Waals surface area contributed by atoms with E-state index in [-0.39, 0.29) is 11.8 Å². The van der Waals surface area contributed by atoms with E-state index in [1.807, 2.05) is 4.90 Å². The third-order valence-corrected chi connectivity index (χ3v) is 5.70. The van der Waals surface area contributed by atoms with Crippen LogP contribution in [0.3, 0.4) is 0 Å². The summed E-state index contributed by atoms with van der Waals surface area (Å²) in [5, 5.41) is 3.12. The molecule has 0 saturated carbocycles. The van der Waals surface area contributed by atoms with Gasteiger partial charge < -0.3 is 10.2 Å². The number of carbonyl (C=O) groups excluding carboxylic acids is 2. The van der Waals surface area contributed by atoms with Crippen molar-refractivity contribution in [1.29, 1.82) is 0 Å². The summed E-state index contributed by atoms with van der Waals surface area (Å²) in [7, 11) is 0. The molecule has 1 heterocycles. The first-order chi connectivity index (χ1) is 12.9. The summed E-state index contributed by atoms with van der Waals surface area (Å²) in [4.78, 5) is 29.0. The van der Waals surface area contributed by atoms with Crippen molar-refractivity contribution in [3.05, 3.63) is 0 Å². The van der Waals surface area contributed by atoms with Crippen LogP contribution >= 0.6 is 0 Å². The monoisotopic (exact) mass is 381 g/mol. The molecular weight excluding hydrogens is 338 g/mol. The van der Waals surface area contributed by atoms with Gasteiger partial charge in [0.05, 0.1) is 0 Å². The molecule has 1 saturated heterocycles. The highest BCUT2D eigenvalue weighted by Crippen LogP contribution is 2.21. The van der Waals surface area contributed by atoms with Crippen molar-refractivity contribution >= 4 is 11.8 Å². The number of hydrogen-bond donors (Lipinski definition) is 1. The van der Waals surface area contributed by atoms with E-state index >= 15 is 0 Å². The molecule has 0 aromatic carbocycles. The Kier molecular flexibility index (Phi) is 11.7. The fourth-order valence-corrected chi connectivity index (χ4v) is 3.91. The normalized spacial score (nSPS) is 17.1. The Balaban J connectivity index is 2.33. The number of hydrogen-bond acceptors (Lipinski definition) is 3. The van der Waals surface area contributed by atoms with Gasteiger partial charge in [-0.15, -0.1) is 0 Å². The van der Waals surface area contributed by atoms with Gasteiger partial charge in [0, 0.05) is 38.5 Å². The van der Waals surface area contributed by atoms with Gasteiger partial charge >= 0.3 is 0 Å². The maximum absolute atomic E-state index is 12.3. The first kappa shape index (κ1) is 23.9. The van der Waals surface area contributed by atoms with Crippen molar-refractivity contribution < 1.29 is 9.59 Å². The molecule has 0 aliphatic carbocycles. The number of rotatable bonds is 12. The maximum Gasteiger partial charge on any atom is 0.222 e. The summed E-state index contributed by atoms with van der Waals surface area (Å²) in [6.45, 7) is 15.6. The molecular formula is C22H43N3O2. The largest absolute Gasteiger partial charge is 0.355 e. The second kappa shape index (κ2) is 13.1. The van der Waals surface area contributed by atoms with Crippen LogP contribution in [0.4, 0.5) is 0 Å². The average Bonchev–Trinajstić information content (AvgIpc) is 2.62. The molecule has 1 unspecified atom stereocenters. The summed E-state index contributed by atoms with van der Waals surface area (Å²) in [6, 6.07) is 0.410. The second-order valence-corrected chi connectivity index (χ2v) is 8.57. The molecule has 1 aliphatic rings. The molecule has 5 heteroatoms. The van der Waals surface area contributed by atoms with Gasteiger partial charge in [-0.3, -0.25) is 14.5 Å². The van der Waals surface area contributed by atoms with E-state index in [0.717, 1.165) is 51.5 Å². The third-order valence-electron chi connectivity index (χ3n) is 5.70. The zero-order chi connectivity index (χ0) is 20.2. The standard InChI is InChI=1S/C22H43N3O2/c1-6-13-25(14-7-2)22(27)10-8-9-21(26)23-17-20(18(3)4)24-15-11-19(5)12-16-24/h18-20H,6-17H2,1-5H3,(H,23,26). The summed E-state index contributed by atoms with van der Waals surface area (Å²) in [6.07, 6.45) is 6.04. The molecule has 1 fully saturated rings. The zero-order valence-electron chi connectivity index (χ0n) is 18.4. The van der Waals surface area contributed by atoms with Gasteiger partial charge in [-0.1, -0.05) is 34.6 Å². The van der Waals surface area contributed by atoms with Gasteiger partial charge in [0.25, 0.3) is 0 Å². The summed E-state index contributed by atoms with van der Waals surface area (Å²) < 4.78 is 0. The second-order valence-electron chi connectivity index (χ2n) is 8.57. The lowest BCUT2D eigenvalue weighted by molar-refractivity contribution is -0.131. The predicted octanol–water partition coefficient (Wildman–Crippen LogP) is 3.68. The van der Waals surface area contributed by atoms with E-state index in [9.17, 15) is 9.59 Å². The van der Waals surface area contributed by atoms with Gasteiger partial charge in [-0.2, -0.15) is 0 Å². The fraction of sp³-hybridized carbons (Fsp3) is 0.909. The van der Waals surface area contributed by atoms with Crippen molar-refractivity contribution in [2.24, 2.45) is 11.8 Å². The number of nitrogens with one attached hydrogen (secondary N) is 1. The highest BCUT2D eigenvalue weighted by atomic mass is 16.2. The average molecular weight is 382 g/mol. The Labute approximate surface area is 167 Å². The van der Waals surface area contributed by atoms with Gasteiger partial charge in [-0.25, -0.2) is 0 Å². The van der Waals surface area contributed by atoms with E-state index in [0.29, 0.717) is 31.2 Å². The van der Waals surface area contributed by atoms with Crippen LogP contribution < -0.4 is 5.32 Å². The minimum Gasteiger partial charge on any atom is -0.355 e. The van der Waals surface area contributed by atoms with Crippen LogP contribution in [0.5, 0.6) is 0 Å². The third kappa shape index (κ3) is 9.09. The van der Waals surface area contributed by atoms with Crippen LogP contribution in [0, 0.1) is 11.8 Å².